The molecule has 1 amide bonds. The highest BCUT2D eigenvalue weighted by molar-refractivity contribution is 5.97. The lowest BCUT2D eigenvalue weighted by Gasteiger charge is -2.02. The quantitative estimate of drug-likeness (QED) is 0.571. The van der Waals surface area contributed by atoms with E-state index in [9.17, 15) is 4.79 Å². The lowest BCUT2D eigenvalue weighted by Crippen LogP contribution is -2.17. The number of carbonyl (C=O) groups is 1. The number of imidazole rings is 1. The van der Waals surface area contributed by atoms with Gasteiger partial charge in [0.1, 0.15) is 5.82 Å². The summed E-state index contributed by atoms with van der Waals surface area (Å²) in [7, 11) is 0. The zero-order chi connectivity index (χ0) is 17.6. The van der Waals surface area contributed by atoms with Gasteiger partial charge in [-0.3, -0.25) is 4.79 Å². The molecule has 0 saturated heterocycles. The molecule has 0 unspecified atom stereocenters. The summed E-state index contributed by atoms with van der Waals surface area (Å²) in [5.41, 5.74) is 6.00. The fraction of sp³-hybridized carbons (Fsp3) is 0.150. The van der Waals surface area contributed by atoms with Gasteiger partial charge in [0, 0.05) is 18.3 Å². The number of nitrogens with one attached hydrogen (secondary N) is 1. The second-order valence-corrected chi connectivity index (χ2v) is 5.60. The zero-order valence-electron chi connectivity index (χ0n) is 14.3. The largest absolute Gasteiger partial charge is 0.329 e. The summed E-state index contributed by atoms with van der Waals surface area (Å²) in [5, 5.41) is 3.94. The van der Waals surface area contributed by atoms with Gasteiger partial charge in [0.15, 0.2) is 0 Å². The van der Waals surface area contributed by atoms with Crippen LogP contribution in [-0.2, 0) is 6.54 Å². The first-order valence-corrected chi connectivity index (χ1v) is 8.21. The Hall–Kier alpha value is -3.21. The third kappa shape index (κ3) is 3.83. The summed E-state index contributed by atoms with van der Waals surface area (Å²) in [6.45, 7) is 4.89. The van der Waals surface area contributed by atoms with Crippen molar-refractivity contribution in [3.63, 3.8) is 0 Å². The highest BCUT2D eigenvalue weighted by Crippen LogP contribution is 2.17. The van der Waals surface area contributed by atoms with Crippen molar-refractivity contribution in [2.75, 3.05) is 0 Å². The predicted octanol–water partition coefficient (Wildman–Crippen LogP) is 3.79. The van der Waals surface area contributed by atoms with Crippen LogP contribution in [0.15, 0.2) is 59.7 Å². The molecule has 1 heterocycles. The summed E-state index contributed by atoms with van der Waals surface area (Å²) in [6.07, 6.45) is 5.26. The Bertz CT molecular complexity index is 939. The van der Waals surface area contributed by atoms with Crippen LogP contribution in [0.1, 0.15) is 28.7 Å². The van der Waals surface area contributed by atoms with Gasteiger partial charge >= 0.3 is 0 Å². The highest BCUT2D eigenvalue weighted by Gasteiger charge is 2.10. The molecule has 126 valence electrons. The molecule has 3 aromatic rings. The van der Waals surface area contributed by atoms with Crippen LogP contribution in [-0.4, -0.2) is 21.7 Å². The zero-order valence-corrected chi connectivity index (χ0v) is 14.3. The van der Waals surface area contributed by atoms with Gasteiger partial charge in [0.25, 0.3) is 5.91 Å². The monoisotopic (exact) mass is 332 g/mol. The number of aryl methyl sites for hydroxylation is 2. The van der Waals surface area contributed by atoms with Crippen molar-refractivity contribution >= 4 is 29.2 Å². The predicted molar refractivity (Wildman–Crippen MR) is 102 cm³/mol. The number of fused-ring (bicyclic) bond motifs is 1. The molecule has 0 aliphatic rings. The van der Waals surface area contributed by atoms with E-state index in [2.05, 4.69) is 27.0 Å². The number of hydrogen-bond donors (Lipinski definition) is 1. The molecular weight excluding hydrogens is 312 g/mol. The lowest BCUT2D eigenvalue weighted by molar-refractivity contribution is 0.0955. The highest BCUT2D eigenvalue weighted by atomic mass is 16.2. The molecule has 0 fully saturated rings. The van der Waals surface area contributed by atoms with Crippen LogP contribution in [0.4, 0.5) is 0 Å². The van der Waals surface area contributed by atoms with Crippen LogP contribution < -0.4 is 5.43 Å². The third-order valence-electron chi connectivity index (χ3n) is 3.93. The molecular formula is C20H20N4O. The first-order chi connectivity index (χ1) is 12.2. The lowest BCUT2D eigenvalue weighted by atomic mass is 10.2. The Balaban J connectivity index is 1.66. The number of allylic oxidation sites excluding steroid dienone is 1. The molecule has 0 aliphatic heterocycles. The molecule has 25 heavy (non-hydrogen) atoms. The number of carbonyl (C=O) groups excluding carboxylic acids is 1. The molecule has 0 aliphatic carbocycles. The molecule has 0 radical (unpaired) electrons. The van der Waals surface area contributed by atoms with Gasteiger partial charge in [-0.15, -0.1) is 0 Å². The minimum atomic E-state index is -0.255. The molecule has 3 rings (SSSR count). The second-order valence-electron chi connectivity index (χ2n) is 5.60. The van der Waals surface area contributed by atoms with Crippen molar-refractivity contribution in [2.45, 2.75) is 20.4 Å². The molecule has 0 saturated carbocycles. The average molecular weight is 332 g/mol. The topological polar surface area (TPSA) is 59.3 Å². The Kier molecular flexibility index (Phi) is 5.04. The number of rotatable bonds is 5. The van der Waals surface area contributed by atoms with Gasteiger partial charge in [-0.25, -0.2) is 10.4 Å². The van der Waals surface area contributed by atoms with Crippen molar-refractivity contribution in [3.05, 3.63) is 71.6 Å². The van der Waals surface area contributed by atoms with E-state index in [1.54, 1.807) is 24.4 Å². The maximum absolute atomic E-state index is 12.2. The van der Waals surface area contributed by atoms with Gasteiger partial charge in [0.2, 0.25) is 0 Å². The van der Waals surface area contributed by atoms with Gasteiger partial charge in [-0.1, -0.05) is 36.4 Å². The average Bonchev–Trinajstić information content (AvgIpc) is 2.96. The molecule has 0 atom stereocenters. The minimum Gasteiger partial charge on any atom is -0.329 e. The summed E-state index contributed by atoms with van der Waals surface area (Å²) >= 11 is 0. The third-order valence-corrected chi connectivity index (χ3v) is 3.93. The Morgan fingerprint density at radius 1 is 1.24 bits per heavy atom. The van der Waals surface area contributed by atoms with Gasteiger partial charge < -0.3 is 4.57 Å². The van der Waals surface area contributed by atoms with E-state index in [4.69, 9.17) is 0 Å². The Labute approximate surface area is 146 Å². The molecule has 1 N–H and O–H groups in total. The van der Waals surface area contributed by atoms with Crippen LogP contribution in [0, 0.1) is 6.92 Å². The summed E-state index contributed by atoms with van der Waals surface area (Å²) in [5.74, 6) is 0.689. The number of hydrazone groups is 1. The number of aromatic nitrogens is 2. The maximum Gasteiger partial charge on any atom is 0.271 e. The molecule has 1 aromatic heterocycles. The fourth-order valence-corrected chi connectivity index (χ4v) is 2.71. The van der Waals surface area contributed by atoms with Gasteiger partial charge in [0.05, 0.1) is 11.0 Å². The van der Waals surface area contributed by atoms with E-state index in [1.165, 1.54) is 0 Å². The van der Waals surface area contributed by atoms with Crippen LogP contribution >= 0.6 is 0 Å². The number of nitrogens with zero attached hydrogens (tertiary/aromatic N) is 3. The van der Waals surface area contributed by atoms with Gasteiger partial charge in [-0.2, -0.15) is 5.10 Å². The molecule has 2 aromatic carbocycles. The summed E-state index contributed by atoms with van der Waals surface area (Å²) in [6, 6.07) is 15.4. The smallest absolute Gasteiger partial charge is 0.271 e. The molecule has 5 heteroatoms. The minimum absolute atomic E-state index is 0.255. The van der Waals surface area contributed by atoms with Crippen LogP contribution in [0.5, 0.6) is 0 Å². The normalized spacial score (nSPS) is 11.6. The van der Waals surface area contributed by atoms with E-state index in [1.807, 2.05) is 49.4 Å². The first kappa shape index (κ1) is 16.6. The van der Waals surface area contributed by atoms with Crippen LogP contribution in [0.25, 0.3) is 17.1 Å². The second kappa shape index (κ2) is 7.57. The van der Waals surface area contributed by atoms with Crippen molar-refractivity contribution in [3.8, 4) is 0 Å². The number of benzene rings is 2. The van der Waals surface area contributed by atoms with E-state index in [0.29, 0.717) is 5.56 Å². The van der Waals surface area contributed by atoms with Crippen LogP contribution in [0.2, 0.25) is 0 Å². The Morgan fingerprint density at radius 3 is 2.80 bits per heavy atom. The van der Waals surface area contributed by atoms with Crippen LogP contribution in [0.3, 0.4) is 0 Å². The fourth-order valence-electron chi connectivity index (χ4n) is 2.71. The number of amides is 1. The van der Waals surface area contributed by atoms with Gasteiger partial charge in [-0.05, 0) is 43.7 Å². The molecule has 0 spiro atoms. The SMILES string of the molecule is CCn1c(C)nc2cc(C(=O)N/N=C\C=C\c3ccccc3)ccc21. The molecule has 0 bridgehead atoms. The first-order valence-electron chi connectivity index (χ1n) is 8.21. The summed E-state index contributed by atoms with van der Waals surface area (Å²) in [4.78, 5) is 16.7. The van der Waals surface area contributed by atoms with Crippen molar-refractivity contribution < 1.29 is 4.79 Å². The maximum atomic E-state index is 12.2. The van der Waals surface area contributed by atoms with E-state index in [0.717, 1.165) is 29.0 Å². The number of hydrogen-bond acceptors (Lipinski definition) is 3. The standard InChI is InChI=1S/C20H20N4O/c1-3-24-15(2)22-18-14-17(11-12-19(18)24)20(25)23-21-13-7-10-16-8-5-4-6-9-16/h4-14H,3H2,1-2H3,(H,23,25)/b10-7+,21-13-. The van der Waals surface area contributed by atoms with Crippen molar-refractivity contribution in [1.82, 2.24) is 15.0 Å². The summed E-state index contributed by atoms with van der Waals surface area (Å²) < 4.78 is 2.11. The van der Waals surface area contributed by atoms with E-state index < -0.39 is 0 Å². The van der Waals surface area contributed by atoms with E-state index >= 15 is 0 Å². The molecule has 5 nitrogen and oxygen atoms in total. The van der Waals surface area contributed by atoms with E-state index in [-0.39, 0.29) is 5.91 Å². The van der Waals surface area contributed by atoms with Crippen molar-refractivity contribution in [1.29, 1.82) is 0 Å². The Morgan fingerprint density at radius 2 is 2.04 bits per heavy atom. The van der Waals surface area contributed by atoms with Crippen molar-refractivity contribution in [2.24, 2.45) is 5.10 Å².